The normalized spacial score (nSPS) is 17.0. The fraction of sp³-hybridized carbons (Fsp3) is 0.208. The zero-order valence-corrected chi connectivity index (χ0v) is 15.3. The minimum Gasteiger partial charge on any atom is -0.368 e. The van der Waals surface area contributed by atoms with E-state index < -0.39 is 6.04 Å². The maximum atomic E-state index is 12.8. The summed E-state index contributed by atoms with van der Waals surface area (Å²) in [7, 11) is 0. The first-order chi connectivity index (χ1) is 13.3. The average molecular weight is 356 g/mol. The summed E-state index contributed by atoms with van der Waals surface area (Å²) < 4.78 is 0. The van der Waals surface area contributed by atoms with Crippen LogP contribution in [-0.4, -0.2) is 11.9 Å². The molecule has 3 aromatic carbocycles. The van der Waals surface area contributed by atoms with Crippen molar-refractivity contribution >= 4 is 17.3 Å². The second kappa shape index (κ2) is 7.67. The Hall–Kier alpha value is -3.07. The third kappa shape index (κ3) is 3.45. The van der Waals surface area contributed by atoms with E-state index in [0.717, 1.165) is 30.6 Å². The lowest BCUT2D eigenvalue weighted by atomic mass is 9.77. The molecule has 0 fully saturated rings. The van der Waals surface area contributed by atoms with Crippen molar-refractivity contribution in [1.82, 2.24) is 0 Å². The highest BCUT2D eigenvalue weighted by Gasteiger charge is 2.36. The topological polar surface area (TPSA) is 46.3 Å². The lowest BCUT2D eigenvalue weighted by Crippen LogP contribution is -2.47. The molecular weight excluding hydrogens is 332 g/mol. The van der Waals surface area contributed by atoms with Crippen LogP contribution in [0.15, 0.2) is 84.9 Å². The Bertz CT molecular complexity index is 868. The number of anilines is 2. The molecule has 0 saturated carbocycles. The summed E-state index contributed by atoms with van der Waals surface area (Å²) >= 11 is 0. The number of amides is 1. The molecule has 0 bridgehead atoms. The molecule has 0 heterocycles. The maximum Gasteiger partial charge on any atom is 0.241 e. The third-order valence-corrected chi connectivity index (χ3v) is 5.44. The molecule has 0 aromatic heterocycles. The number of carbonyl (C=O) groups excluding carboxylic acids is 1. The van der Waals surface area contributed by atoms with Gasteiger partial charge in [0.1, 0.15) is 6.04 Å². The van der Waals surface area contributed by atoms with E-state index in [4.69, 9.17) is 5.73 Å². The number of nitrogens with two attached hydrogens (primary N) is 1. The van der Waals surface area contributed by atoms with Crippen LogP contribution in [0, 0.1) is 0 Å². The molecule has 0 radical (unpaired) electrons. The number of hydrogen-bond donors (Lipinski definition) is 1. The third-order valence-electron chi connectivity index (χ3n) is 5.44. The molecule has 3 heteroatoms. The van der Waals surface area contributed by atoms with E-state index in [-0.39, 0.29) is 11.8 Å². The highest BCUT2D eigenvalue weighted by Crippen LogP contribution is 2.40. The summed E-state index contributed by atoms with van der Waals surface area (Å²) in [6, 6.07) is 28.2. The molecule has 1 amide bonds. The zero-order chi connectivity index (χ0) is 18.6. The Kier molecular flexibility index (Phi) is 4.93. The van der Waals surface area contributed by atoms with Crippen molar-refractivity contribution in [3.63, 3.8) is 0 Å². The van der Waals surface area contributed by atoms with Crippen molar-refractivity contribution in [1.29, 1.82) is 0 Å². The summed E-state index contributed by atoms with van der Waals surface area (Å²) in [6.45, 7) is 0. The summed E-state index contributed by atoms with van der Waals surface area (Å²) in [4.78, 5) is 14.9. The van der Waals surface area contributed by atoms with Crippen LogP contribution in [0.25, 0.3) is 0 Å². The second-order valence-corrected chi connectivity index (χ2v) is 7.09. The molecule has 0 saturated heterocycles. The monoisotopic (exact) mass is 356 g/mol. The Morgan fingerprint density at radius 1 is 0.852 bits per heavy atom. The van der Waals surface area contributed by atoms with Gasteiger partial charge in [0.15, 0.2) is 0 Å². The molecule has 2 N–H and O–H groups in total. The van der Waals surface area contributed by atoms with Gasteiger partial charge in [0, 0.05) is 17.3 Å². The van der Waals surface area contributed by atoms with Gasteiger partial charge in [-0.2, -0.15) is 0 Å². The lowest BCUT2D eigenvalue weighted by Gasteiger charge is -2.39. The first-order valence-electron chi connectivity index (χ1n) is 9.52. The number of fused-ring (bicyclic) bond motifs is 1. The van der Waals surface area contributed by atoms with Gasteiger partial charge in [0.25, 0.3) is 0 Å². The van der Waals surface area contributed by atoms with E-state index in [2.05, 4.69) is 29.2 Å². The van der Waals surface area contributed by atoms with E-state index in [9.17, 15) is 4.79 Å². The van der Waals surface area contributed by atoms with E-state index in [0.29, 0.717) is 0 Å². The van der Waals surface area contributed by atoms with Crippen LogP contribution in [0.5, 0.6) is 0 Å². The number of hydrogen-bond acceptors (Lipinski definition) is 2. The van der Waals surface area contributed by atoms with Crippen molar-refractivity contribution in [2.24, 2.45) is 5.73 Å². The highest BCUT2D eigenvalue weighted by atomic mass is 16.1. The molecule has 3 aromatic rings. The van der Waals surface area contributed by atoms with E-state index in [1.165, 1.54) is 11.1 Å². The standard InChI is InChI=1S/C24H24N2O/c25-24(27)23(22-17-9-11-18-10-7-8-16-21(18)22)26(19-12-3-1-4-13-19)20-14-5-2-6-15-20/h1-8,10,12-16,22-23H,9,11,17H2,(H2,25,27). The van der Waals surface area contributed by atoms with Gasteiger partial charge in [-0.1, -0.05) is 60.7 Å². The van der Waals surface area contributed by atoms with Crippen molar-refractivity contribution in [2.75, 3.05) is 4.90 Å². The molecule has 136 valence electrons. The van der Waals surface area contributed by atoms with Crippen molar-refractivity contribution < 1.29 is 4.79 Å². The Morgan fingerprint density at radius 3 is 2.00 bits per heavy atom. The SMILES string of the molecule is NC(=O)C(C1CCCc2ccccc21)N(c1ccccc1)c1ccccc1. The zero-order valence-electron chi connectivity index (χ0n) is 15.3. The predicted molar refractivity (Wildman–Crippen MR) is 110 cm³/mol. The van der Waals surface area contributed by atoms with Crippen LogP contribution >= 0.6 is 0 Å². The van der Waals surface area contributed by atoms with Gasteiger partial charge in [0.2, 0.25) is 5.91 Å². The number of primary amides is 1. The first kappa shape index (κ1) is 17.3. The average Bonchev–Trinajstić information content (AvgIpc) is 2.73. The number of para-hydroxylation sites is 2. The van der Waals surface area contributed by atoms with Gasteiger partial charge >= 0.3 is 0 Å². The van der Waals surface area contributed by atoms with Gasteiger partial charge in [-0.05, 0) is 54.7 Å². The maximum absolute atomic E-state index is 12.8. The van der Waals surface area contributed by atoms with Crippen LogP contribution in [0.2, 0.25) is 0 Å². The molecule has 3 nitrogen and oxygen atoms in total. The van der Waals surface area contributed by atoms with Gasteiger partial charge in [-0.25, -0.2) is 0 Å². The summed E-state index contributed by atoms with van der Waals surface area (Å²) in [5.74, 6) is -0.211. The molecule has 4 rings (SSSR count). The largest absolute Gasteiger partial charge is 0.368 e. The van der Waals surface area contributed by atoms with Gasteiger partial charge in [0.05, 0.1) is 0 Å². The Morgan fingerprint density at radius 2 is 1.41 bits per heavy atom. The van der Waals surface area contributed by atoms with E-state index in [1.807, 2.05) is 60.7 Å². The number of aryl methyl sites for hydroxylation is 1. The molecule has 1 aliphatic rings. The number of rotatable bonds is 5. The summed E-state index contributed by atoms with van der Waals surface area (Å²) in [5.41, 5.74) is 10.6. The molecule has 27 heavy (non-hydrogen) atoms. The fourth-order valence-electron chi connectivity index (χ4n) is 4.27. The number of carbonyl (C=O) groups is 1. The van der Waals surface area contributed by atoms with Crippen molar-refractivity contribution in [2.45, 2.75) is 31.2 Å². The van der Waals surface area contributed by atoms with Crippen LogP contribution in [0.3, 0.4) is 0 Å². The van der Waals surface area contributed by atoms with Gasteiger partial charge in [-0.3, -0.25) is 4.79 Å². The van der Waals surface area contributed by atoms with Crippen molar-refractivity contribution in [3.8, 4) is 0 Å². The van der Waals surface area contributed by atoms with Gasteiger partial charge < -0.3 is 10.6 Å². The molecule has 1 aliphatic carbocycles. The second-order valence-electron chi connectivity index (χ2n) is 7.09. The smallest absolute Gasteiger partial charge is 0.241 e. The summed E-state index contributed by atoms with van der Waals surface area (Å²) in [6.07, 6.45) is 3.10. The molecule has 0 aliphatic heterocycles. The van der Waals surface area contributed by atoms with E-state index in [1.54, 1.807) is 0 Å². The van der Waals surface area contributed by atoms with Crippen LogP contribution < -0.4 is 10.6 Å². The first-order valence-corrected chi connectivity index (χ1v) is 9.52. The van der Waals surface area contributed by atoms with Crippen LogP contribution in [0.4, 0.5) is 11.4 Å². The number of benzene rings is 3. The predicted octanol–water partition coefficient (Wildman–Crippen LogP) is 4.80. The molecular formula is C24H24N2O. The number of nitrogens with zero attached hydrogens (tertiary/aromatic N) is 1. The quantitative estimate of drug-likeness (QED) is 0.714. The molecule has 2 atom stereocenters. The minimum absolute atomic E-state index is 0.0767. The van der Waals surface area contributed by atoms with E-state index >= 15 is 0 Å². The fourth-order valence-corrected chi connectivity index (χ4v) is 4.27. The van der Waals surface area contributed by atoms with Crippen molar-refractivity contribution in [3.05, 3.63) is 96.1 Å². The van der Waals surface area contributed by atoms with Gasteiger partial charge in [-0.15, -0.1) is 0 Å². The Labute approximate surface area is 160 Å². The molecule has 2 unspecified atom stereocenters. The van der Waals surface area contributed by atoms with Crippen LogP contribution in [0.1, 0.15) is 29.9 Å². The summed E-state index contributed by atoms with van der Waals surface area (Å²) in [5, 5.41) is 0. The Balaban J connectivity index is 1.85. The van der Waals surface area contributed by atoms with Crippen LogP contribution in [-0.2, 0) is 11.2 Å². The minimum atomic E-state index is -0.434. The molecule has 0 spiro atoms. The highest BCUT2D eigenvalue weighted by molar-refractivity contribution is 5.88. The lowest BCUT2D eigenvalue weighted by molar-refractivity contribution is -0.119.